The van der Waals surface area contributed by atoms with Gasteiger partial charge in [-0.2, -0.15) is 13.2 Å². The summed E-state index contributed by atoms with van der Waals surface area (Å²) in [6.45, 7) is 0.284. The molecule has 2 nitrogen and oxygen atoms in total. The molecule has 0 aromatic heterocycles. The molecule has 0 aliphatic rings. The summed E-state index contributed by atoms with van der Waals surface area (Å²) in [5.74, 6) is -1.03. The summed E-state index contributed by atoms with van der Waals surface area (Å²) in [4.78, 5) is 0. The van der Waals surface area contributed by atoms with Crippen LogP contribution in [-0.4, -0.2) is 0 Å². The zero-order chi connectivity index (χ0) is 14.8. The highest BCUT2D eigenvalue weighted by Crippen LogP contribution is 2.33. The van der Waals surface area contributed by atoms with Gasteiger partial charge in [-0.05, 0) is 35.9 Å². The predicted molar refractivity (Wildman–Crippen MR) is 65.8 cm³/mol. The molecule has 2 aromatic carbocycles. The first-order valence-electron chi connectivity index (χ1n) is 5.74. The summed E-state index contributed by atoms with van der Waals surface area (Å²) < 4.78 is 56.0. The van der Waals surface area contributed by atoms with E-state index in [0.29, 0.717) is 11.8 Å². The number of hydrogen-bond acceptors (Lipinski definition) is 2. The fourth-order valence-corrected chi connectivity index (χ4v) is 1.62. The van der Waals surface area contributed by atoms with E-state index < -0.39 is 17.6 Å². The van der Waals surface area contributed by atoms with Crippen molar-refractivity contribution in [3.05, 3.63) is 59.4 Å². The van der Waals surface area contributed by atoms with Crippen molar-refractivity contribution < 1.29 is 22.3 Å². The predicted octanol–water partition coefficient (Wildman–Crippen LogP) is 4.10. The van der Waals surface area contributed by atoms with Gasteiger partial charge >= 0.3 is 6.18 Å². The van der Waals surface area contributed by atoms with Gasteiger partial charge in [-0.25, -0.2) is 4.39 Å². The van der Waals surface area contributed by atoms with Crippen molar-refractivity contribution in [1.82, 2.24) is 0 Å². The van der Waals surface area contributed by atoms with Crippen LogP contribution >= 0.6 is 0 Å². The van der Waals surface area contributed by atoms with E-state index in [9.17, 15) is 17.6 Å². The molecular weight excluding hydrogens is 274 g/mol. The Labute approximate surface area is 112 Å². The lowest BCUT2D eigenvalue weighted by molar-refractivity contribution is -0.137. The lowest BCUT2D eigenvalue weighted by Gasteiger charge is -2.10. The highest BCUT2D eigenvalue weighted by atomic mass is 19.4. The van der Waals surface area contributed by atoms with Crippen LogP contribution in [0.3, 0.4) is 0 Å². The Bertz CT molecular complexity index is 610. The van der Waals surface area contributed by atoms with Crippen molar-refractivity contribution >= 4 is 0 Å². The molecule has 0 aliphatic heterocycles. The van der Waals surface area contributed by atoms with Crippen molar-refractivity contribution in [3.8, 4) is 11.5 Å². The number of alkyl halides is 3. The standard InChI is InChI=1S/C14H11F4NO/c15-12-7-10(14(16,17)18)4-5-13(12)20-11-3-1-2-9(6-11)8-19/h1-7H,8,19H2. The van der Waals surface area contributed by atoms with Crippen molar-refractivity contribution in [2.45, 2.75) is 12.7 Å². The molecule has 0 saturated carbocycles. The molecule has 0 unspecified atom stereocenters. The minimum atomic E-state index is -4.58. The van der Waals surface area contributed by atoms with Crippen molar-refractivity contribution in [3.63, 3.8) is 0 Å². The second kappa shape index (κ2) is 5.50. The van der Waals surface area contributed by atoms with Gasteiger partial charge in [0.1, 0.15) is 5.75 Å². The maximum atomic E-state index is 13.6. The van der Waals surface area contributed by atoms with E-state index >= 15 is 0 Å². The molecule has 0 fully saturated rings. The summed E-state index contributed by atoms with van der Waals surface area (Å²) in [5, 5.41) is 0. The van der Waals surface area contributed by atoms with Gasteiger partial charge < -0.3 is 10.5 Å². The molecule has 0 amide bonds. The molecule has 20 heavy (non-hydrogen) atoms. The number of ether oxygens (including phenoxy) is 1. The molecule has 106 valence electrons. The van der Waals surface area contributed by atoms with Crippen LogP contribution in [0.5, 0.6) is 11.5 Å². The van der Waals surface area contributed by atoms with Crippen LogP contribution in [0.25, 0.3) is 0 Å². The van der Waals surface area contributed by atoms with Crippen LogP contribution in [0.1, 0.15) is 11.1 Å². The van der Waals surface area contributed by atoms with Crippen molar-refractivity contribution in [1.29, 1.82) is 0 Å². The SMILES string of the molecule is NCc1cccc(Oc2ccc(C(F)(F)F)cc2F)c1. The van der Waals surface area contributed by atoms with E-state index in [2.05, 4.69) is 0 Å². The molecular formula is C14H11F4NO. The molecule has 0 heterocycles. The molecule has 2 N–H and O–H groups in total. The highest BCUT2D eigenvalue weighted by molar-refractivity contribution is 5.36. The quantitative estimate of drug-likeness (QED) is 0.862. The van der Waals surface area contributed by atoms with E-state index in [0.717, 1.165) is 17.7 Å². The van der Waals surface area contributed by atoms with E-state index in [4.69, 9.17) is 10.5 Å². The molecule has 0 radical (unpaired) electrons. The summed E-state index contributed by atoms with van der Waals surface area (Å²) in [6, 6.07) is 8.71. The topological polar surface area (TPSA) is 35.2 Å². The Morgan fingerprint density at radius 1 is 1.05 bits per heavy atom. The van der Waals surface area contributed by atoms with Gasteiger partial charge in [0.2, 0.25) is 0 Å². The molecule has 6 heteroatoms. The first-order chi connectivity index (χ1) is 9.40. The van der Waals surface area contributed by atoms with Gasteiger partial charge in [-0.15, -0.1) is 0 Å². The van der Waals surface area contributed by atoms with E-state index in [1.165, 1.54) is 0 Å². The number of nitrogens with two attached hydrogens (primary N) is 1. The lowest BCUT2D eigenvalue weighted by Crippen LogP contribution is -2.05. The minimum absolute atomic E-state index is 0.271. The second-order valence-electron chi connectivity index (χ2n) is 4.10. The van der Waals surface area contributed by atoms with Gasteiger partial charge in [-0.3, -0.25) is 0 Å². The maximum Gasteiger partial charge on any atom is 0.416 e. The van der Waals surface area contributed by atoms with Crippen LogP contribution in [0.2, 0.25) is 0 Å². The summed E-state index contributed by atoms with van der Waals surface area (Å²) in [5.41, 5.74) is 5.17. The molecule has 0 spiro atoms. The van der Waals surface area contributed by atoms with Crippen molar-refractivity contribution in [2.24, 2.45) is 5.73 Å². The molecule has 2 rings (SSSR count). The van der Waals surface area contributed by atoms with Gasteiger partial charge in [-0.1, -0.05) is 12.1 Å². The highest BCUT2D eigenvalue weighted by Gasteiger charge is 2.31. The monoisotopic (exact) mass is 285 g/mol. The van der Waals surface area contributed by atoms with Crippen LogP contribution in [0, 0.1) is 5.82 Å². The third-order valence-electron chi connectivity index (χ3n) is 2.62. The third-order valence-corrected chi connectivity index (χ3v) is 2.62. The molecule has 0 bridgehead atoms. The van der Waals surface area contributed by atoms with E-state index in [1.54, 1.807) is 24.3 Å². The zero-order valence-electron chi connectivity index (χ0n) is 10.2. The number of halogens is 4. The van der Waals surface area contributed by atoms with Crippen LogP contribution < -0.4 is 10.5 Å². The van der Waals surface area contributed by atoms with Gasteiger partial charge in [0.25, 0.3) is 0 Å². The van der Waals surface area contributed by atoms with Gasteiger partial charge in [0.05, 0.1) is 5.56 Å². The average molecular weight is 285 g/mol. The lowest BCUT2D eigenvalue weighted by atomic mass is 10.2. The van der Waals surface area contributed by atoms with Crippen LogP contribution in [-0.2, 0) is 12.7 Å². The molecule has 2 aromatic rings. The summed E-state index contributed by atoms with van der Waals surface area (Å²) in [6.07, 6.45) is -4.58. The smallest absolute Gasteiger partial charge is 0.416 e. The minimum Gasteiger partial charge on any atom is -0.454 e. The van der Waals surface area contributed by atoms with Crippen LogP contribution in [0.15, 0.2) is 42.5 Å². The molecule has 0 aliphatic carbocycles. The number of hydrogen-bond donors (Lipinski definition) is 1. The largest absolute Gasteiger partial charge is 0.454 e. The Morgan fingerprint density at radius 3 is 2.40 bits per heavy atom. The normalized spacial score (nSPS) is 11.4. The first-order valence-corrected chi connectivity index (χ1v) is 5.74. The Balaban J connectivity index is 2.25. The second-order valence-corrected chi connectivity index (χ2v) is 4.10. The first kappa shape index (κ1) is 14.3. The summed E-state index contributed by atoms with van der Waals surface area (Å²) in [7, 11) is 0. The zero-order valence-corrected chi connectivity index (χ0v) is 10.2. The fourth-order valence-electron chi connectivity index (χ4n) is 1.62. The maximum absolute atomic E-state index is 13.6. The molecule has 0 atom stereocenters. The Morgan fingerprint density at radius 2 is 1.80 bits per heavy atom. The van der Waals surface area contributed by atoms with Crippen molar-refractivity contribution in [2.75, 3.05) is 0 Å². The number of benzene rings is 2. The Kier molecular flexibility index (Phi) is 3.94. The van der Waals surface area contributed by atoms with Crippen LogP contribution in [0.4, 0.5) is 17.6 Å². The van der Waals surface area contributed by atoms with E-state index in [-0.39, 0.29) is 12.3 Å². The average Bonchev–Trinajstić information content (AvgIpc) is 2.40. The number of rotatable bonds is 3. The fraction of sp³-hybridized carbons (Fsp3) is 0.143. The third kappa shape index (κ3) is 3.27. The van der Waals surface area contributed by atoms with Gasteiger partial charge in [0, 0.05) is 6.54 Å². The van der Waals surface area contributed by atoms with E-state index in [1.807, 2.05) is 0 Å². The van der Waals surface area contributed by atoms with Gasteiger partial charge in [0.15, 0.2) is 11.6 Å². The molecule has 0 saturated heterocycles. The summed E-state index contributed by atoms with van der Waals surface area (Å²) >= 11 is 0. The Hall–Kier alpha value is -2.08.